The second-order valence-corrected chi connectivity index (χ2v) is 11.1. The van der Waals surface area contributed by atoms with E-state index in [4.69, 9.17) is 24.2 Å². The molecule has 0 radical (unpaired) electrons. The predicted molar refractivity (Wildman–Crippen MR) is 130 cm³/mol. The number of fused-ring (bicyclic) bond motifs is 4. The number of benzene rings is 1. The zero-order valence-electron chi connectivity index (χ0n) is 19.5. The summed E-state index contributed by atoms with van der Waals surface area (Å²) in [6, 6.07) is 6.21. The number of hydrogen-bond acceptors (Lipinski definition) is 9. The van der Waals surface area contributed by atoms with E-state index < -0.39 is 47.9 Å². The molecule has 7 atom stereocenters. The summed E-state index contributed by atoms with van der Waals surface area (Å²) in [5, 5.41) is 13.4. The van der Waals surface area contributed by atoms with Gasteiger partial charge in [0.2, 0.25) is 11.8 Å². The summed E-state index contributed by atoms with van der Waals surface area (Å²) in [6.45, 7) is 0.649. The highest BCUT2D eigenvalue weighted by molar-refractivity contribution is 14.1. The van der Waals surface area contributed by atoms with Gasteiger partial charge in [0.15, 0.2) is 6.04 Å². The predicted octanol–water partition coefficient (Wildman–Crippen LogP) is -0.0679. The zero-order valence-corrected chi connectivity index (χ0v) is 21.7. The Morgan fingerprint density at radius 1 is 1.19 bits per heavy atom. The molecular formula is C24H28IN3O8. The van der Waals surface area contributed by atoms with Crippen molar-refractivity contribution in [3.8, 4) is 0 Å². The van der Waals surface area contributed by atoms with Crippen LogP contribution in [-0.4, -0.2) is 95.8 Å². The standard InChI is InChI=1S/C24H28IN3O8/c25-14-5-3-13(4-6-14)11-28-19-22(31)35-16-10-24(19,20(36-28)18-17(16)33-12-34-18)23(32)27-8-1-2-15(27)21(30)26-7-9-29/h3-6,15-20,29H,1-2,7-12H2,(H,26,30). The number of rotatable bonds is 6. The summed E-state index contributed by atoms with van der Waals surface area (Å²) >= 11 is 2.23. The lowest BCUT2D eigenvalue weighted by Gasteiger charge is -2.50. The van der Waals surface area contributed by atoms with Gasteiger partial charge < -0.3 is 29.5 Å². The Morgan fingerprint density at radius 3 is 2.75 bits per heavy atom. The highest BCUT2D eigenvalue weighted by Gasteiger charge is 2.75. The van der Waals surface area contributed by atoms with Gasteiger partial charge in [-0.2, -0.15) is 5.06 Å². The molecule has 0 aromatic heterocycles. The van der Waals surface area contributed by atoms with Crippen LogP contribution in [0.2, 0.25) is 0 Å². The van der Waals surface area contributed by atoms with Crippen molar-refractivity contribution in [3.05, 3.63) is 33.4 Å². The van der Waals surface area contributed by atoms with Crippen molar-refractivity contribution in [2.75, 3.05) is 26.5 Å². The number of aliphatic hydroxyl groups excluding tert-OH is 1. The number of halogens is 1. The number of amides is 2. The maximum absolute atomic E-state index is 14.4. The molecule has 7 unspecified atom stereocenters. The van der Waals surface area contributed by atoms with E-state index in [0.717, 1.165) is 9.13 Å². The van der Waals surface area contributed by atoms with Gasteiger partial charge in [-0.3, -0.25) is 19.2 Å². The van der Waals surface area contributed by atoms with Gasteiger partial charge in [0.05, 0.1) is 13.2 Å². The summed E-state index contributed by atoms with van der Waals surface area (Å²) in [4.78, 5) is 48.7. The fraction of sp³-hybridized carbons (Fsp3) is 0.625. The molecule has 0 spiro atoms. The van der Waals surface area contributed by atoms with Crippen LogP contribution in [0, 0.1) is 8.99 Å². The number of likely N-dealkylation sites (tertiary alicyclic amines) is 1. The molecule has 1 aromatic rings. The van der Waals surface area contributed by atoms with E-state index in [1.807, 2.05) is 24.3 Å². The van der Waals surface area contributed by atoms with Crippen molar-refractivity contribution in [2.45, 2.75) is 62.3 Å². The number of hydroxylamine groups is 2. The Labute approximate surface area is 221 Å². The first-order chi connectivity index (χ1) is 17.4. The minimum absolute atomic E-state index is 0.0329. The molecule has 1 aliphatic carbocycles. The van der Waals surface area contributed by atoms with E-state index in [2.05, 4.69) is 27.9 Å². The molecule has 194 valence electrons. The normalized spacial score (nSPS) is 37.1. The van der Waals surface area contributed by atoms with E-state index in [9.17, 15) is 14.4 Å². The van der Waals surface area contributed by atoms with Gasteiger partial charge >= 0.3 is 5.97 Å². The lowest BCUT2D eigenvalue weighted by Crippen LogP contribution is -2.70. The Balaban J connectivity index is 1.37. The molecule has 12 heteroatoms. The van der Waals surface area contributed by atoms with Gasteiger partial charge in [-0.15, -0.1) is 0 Å². The third kappa shape index (κ3) is 3.76. The molecule has 2 bridgehead atoms. The molecule has 2 amide bonds. The van der Waals surface area contributed by atoms with Gasteiger partial charge in [0.25, 0.3) is 0 Å². The van der Waals surface area contributed by atoms with Gasteiger partial charge in [0, 0.05) is 23.1 Å². The first kappa shape index (κ1) is 24.5. The molecule has 11 nitrogen and oxygen atoms in total. The second kappa shape index (κ2) is 9.48. The lowest BCUT2D eigenvalue weighted by atomic mass is 9.62. The Morgan fingerprint density at radius 2 is 1.97 bits per heavy atom. The first-order valence-corrected chi connectivity index (χ1v) is 13.3. The van der Waals surface area contributed by atoms with Crippen LogP contribution in [0.25, 0.3) is 0 Å². The van der Waals surface area contributed by atoms with Gasteiger partial charge in [-0.25, -0.2) is 0 Å². The molecule has 5 aliphatic rings. The van der Waals surface area contributed by atoms with Crippen molar-refractivity contribution in [1.29, 1.82) is 0 Å². The summed E-state index contributed by atoms with van der Waals surface area (Å²) in [5.74, 6) is -1.12. The number of carbonyl (C=O) groups excluding carboxylic acids is 3. The quantitative estimate of drug-likeness (QED) is 0.335. The van der Waals surface area contributed by atoms with Crippen LogP contribution in [0.15, 0.2) is 24.3 Å². The second-order valence-electron chi connectivity index (χ2n) is 9.90. The van der Waals surface area contributed by atoms with Crippen molar-refractivity contribution in [3.63, 3.8) is 0 Å². The monoisotopic (exact) mass is 613 g/mol. The lowest BCUT2D eigenvalue weighted by molar-refractivity contribution is -0.204. The Hall–Kier alpha value is -1.84. The van der Waals surface area contributed by atoms with E-state index in [1.165, 1.54) is 0 Å². The molecule has 4 saturated heterocycles. The van der Waals surface area contributed by atoms with Crippen LogP contribution in [0.4, 0.5) is 0 Å². The molecule has 6 rings (SSSR count). The minimum atomic E-state index is -1.27. The van der Waals surface area contributed by atoms with Crippen molar-refractivity contribution in [1.82, 2.24) is 15.3 Å². The Kier molecular flexibility index (Phi) is 6.45. The third-order valence-electron chi connectivity index (χ3n) is 7.95. The fourth-order valence-electron chi connectivity index (χ4n) is 6.43. The van der Waals surface area contributed by atoms with Crippen LogP contribution < -0.4 is 5.32 Å². The highest BCUT2D eigenvalue weighted by atomic mass is 127. The summed E-state index contributed by atoms with van der Waals surface area (Å²) in [5.41, 5.74) is -0.341. The molecule has 2 N–H and O–H groups in total. The average molecular weight is 613 g/mol. The molecule has 1 saturated carbocycles. The number of aliphatic hydroxyl groups is 1. The molecule has 36 heavy (non-hydrogen) atoms. The number of nitrogens with one attached hydrogen (secondary N) is 1. The molecule has 4 aliphatic heterocycles. The third-order valence-corrected chi connectivity index (χ3v) is 8.67. The maximum atomic E-state index is 14.4. The fourth-order valence-corrected chi connectivity index (χ4v) is 6.79. The minimum Gasteiger partial charge on any atom is -0.458 e. The van der Waals surface area contributed by atoms with E-state index in [0.29, 0.717) is 19.4 Å². The van der Waals surface area contributed by atoms with Crippen LogP contribution in [-0.2, 0) is 40.0 Å². The van der Waals surface area contributed by atoms with Gasteiger partial charge in [-0.05, 0) is 53.1 Å². The van der Waals surface area contributed by atoms with Crippen molar-refractivity contribution in [2.24, 2.45) is 5.41 Å². The van der Waals surface area contributed by atoms with E-state index in [1.54, 1.807) is 9.96 Å². The summed E-state index contributed by atoms with van der Waals surface area (Å²) < 4.78 is 18.5. The zero-order chi connectivity index (χ0) is 25.0. The van der Waals surface area contributed by atoms with Crippen LogP contribution >= 0.6 is 22.6 Å². The molecular weight excluding hydrogens is 585 g/mol. The number of carbonyl (C=O) groups is 3. The first-order valence-electron chi connectivity index (χ1n) is 12.3. The van der Waals surface area contributed by atoms with Crippen LogP contribution in [0.5, 0.6) is 0 Å². The smallest absolute Gasteiger partial charge is 0.327 e. The summed E-state index contributed by atoms with van der Waals surface area (Å²) in [6.07, 6.45) is -1.05. The SMILES string of the molecule is O=C(NCCO)C1CCCN1C(=O)C12CC3OC(=O)C1N(Cc1ccc(I)cc1)OC2C1OCOC31. The summed E-state index contributed by atoms with van der Waals surface area (Å²) in [7, 11) is 0. The molecule has 1 aromatic carbocycles. The van der Waals surface area contributed by atoms with Crippen LogP contribution in [0.3, 0.4) is 0 Å². The number of nitrogens with zero attached hydrogens (tertiary/aromatic N) is 2. The van der Waals surface area contributed by atoms with E-state index in [-0.39, 0.29) is 44.7 Å². The topological polar surface area (TPSA) is 127 Å². The number of ether oxygens (including phenoxy) is 3. The maximum Gasteiger partial charge on any atom is 0.327 e. The largest absolute Gasteiger partial charge is 0.458 e. The highest BCUT2D eigenvalue weighted by Crippen LogP contribution is 2.56. The number of hydrogen-bond donors (Lipinski definition) is 2. The Bertz CT molecular complexity index is 1060. The molecule has 5 fully saturated rings. The van der Waals surface area contributed by atoms with Crippen LogP contribution in [0.1, 0.15) is 24.8 Å². The van der Waals surface area contributed by atoms with E-state index >= 15 is 0 Å². The van der Waals surface area contributed by atoms with Gasteiger partial charge in [0.1, 0.15) is 42.7 Å². The average Bonchev–Trinajstić information content (AvgIpc) is 3.61. The van der Waals surface area contributed by atoms with Crippen molar-refractivity contribution < 1.29 is 38.5 Å². The number of esters is 1. The van der Waals surface area contributed by atoms with Crippen molar-refractivity contribution >= 4 is 40.4 Å². The van der Waals surface area contributed by atoms with Gasteiger partial charge in [-0.1, -0.05) is 12.1 Å². The molecule has 4 heterocycles.